The van der Waals surface area contributed by atoms with Crippen molar-refractivity contribution >= 4 is 5.97 Å². The van der Waals surface area contributed by atoms with E-state index in [0.717, 1.165) is 19.4 Å². The van der Waals surface area contributed by atoms with E-state index in [9.17, 15) is 4.79 Å². The molecule has 0 saturated carbocycles. The molecule has 0 radical (unpaired) electrons. The first-order valence-electron chi connectivity index (χ1n) is 7.48. The second kappa shape index (κ2) is 8.54. The zero-order chi connectivity index (χ0) is 15.1. The zero-order valence-corrected chi connectivity index (χ0v) is 13.5. The molecular weight excluding hydrogens is 240 g/mol. The SMILES string of the molecule is CCOC(=O)C(C)(N)CN(CC(C)C)C(CC)CC. The predicted molar refractivity (Wildman–Crippen MR) is 80.0 cm³/mol. The molecule has 19 heavy (non-hydrogen) atoms. The van der Waals surface area contributed by atoms with Crippen LogP contribution in [0, 0.1) is 5.92 Å². The minimum atomic E-state index is -0.937. The summed E-state index contributed by atoms with van der Waals surface area (Å²) in [5.41, 5.74) is 5.22. The highest BCUT2D eigenvalue weighted by Crippen LogP contribution is 2.16. The molecule has 0 rings (SSSR count). The van der Waals surface area contributed by atoms with Gasteiger partial charge in [-0.25, -0.2) is 0 Å². The monoisotopic (exact) mass is 272 g/mol. The number of nitrogens with zero attached hydrogens (tertiary/aromatic N) is 1. The lowest BCUT2D eigenvalue weighted by Gasteiger charge is -2.37. The van der Waals surface area contributed by atoms with Gasteiger partial charge in [-0.15, -0.1) is 0 Å². The van der Waals surface area contributed by atoms with Crippen molar-refractivity contribution in [2.75, 3.05) is 19.7 Å². The Labute approximate surface area is 118 Å². The van der Waals surface area contributed by atoms with Crippen molar-refractivity contribution in [1.82, 2.24) is 4.90 Å². The Morgan fingerprint density at radius 3 is 2.16 bits per heavy atom. The number of carbonyl (C=O) groups is 1. The first kappa shape index (κ1) is 18.4. The van der Waals surface area contributed by atoms with Crippen LogP contribution in [0.15, 0.2) is 0 Å². The van der Waals surface area contributed by atoms with Gasteiger partial charge in [-0.1, -0.05) is 27.7 Å². The molecule has 0 aromatic carbocycles. The van der Waals surface area contributed by atoms with Gasteiger partial charge in [0.1, 0.15) is 5.54 Å². The Morgan fingerprint density at radius 1 is 1.26 bits per heavy atom. The summed E-state index contributed by atoms with van der Waals surface area (Å²) in [6.45, 7) is 14.2. The van der Waals surface area contributed by atoms with Crippen LogP contribution >= 0.6 is 0 Å². The Balaban J connectivity index is 4.83. The van der Waals surface area contributed by atoms with Crippen molar-refractivity contribution in [3.8, 4) is 0 Å². The molecule has 1 atom stereocenters. The normalized spacial score (nSPS) is 15.1. The molecule has 0 aliphatic rings. The molecule has 2 N–H and O–H groups in total. The van der Waals surface area contributed by atoms with Crippen LogP contribution in [0.3, 0.4) is 0 Å². The van der Waals surface area contributed by atoms with Crippen LogP contribution in [0.25, 0.3) is 0 Å². The van der Waals surface area contributed by atoms with Crippen molar-refractivity contribution in [3.63, 3.8) is 0 Å². The summed E-state index contributed by atoms with van der Waals surface area (Å²) in [6.07, 6.45) is 2.14. The minimum absolute atomic E-state index is 0.310. The second-order valence-electron chi connectivity index (χ2n) is 5.93. The van der Waals surface area contributed by atoms with E-state index >= 15 is 0 Å². The first-order chi connectivity index (χ1) is 8.78. The number of hydrogen-bond donors (Lipinski definition) is 1. The van der Waals surface area contributed by atoms with Crippen LogP contribution in [-0.4, -0.2) is 42.1 Å². The van der Waals surface area contributed by atoms with Crippen molar-refractivity contribution in [2.45, 2.75) is 66.0 Å². The fraction of sp³-hybridized carbons (Fsp3) is 0.933. The van der Waals surface area contributed by atoms with E-state index in [-0.39, 0.29) is 5.97 Å². The van der Waals surface area contributed by atoms with Gasteiger partial charge in [-0.3, -0.25) is 9.69 Å². The summed E-state index contributed by atoms with van der Waals surface area (Å²) in [6, 6.07) is 0.472. The maximum atomic E-state index is 11.9. The van der Waals surface area contributed by atoms with Gasteiger partial charge in [0, 0.05) is 19.1 Å². The summed E-state index contributed by atoms with van der Waals surface area (Å²) in [7, 11) is 0. The van der Waals surface area contributed by atoms with Crippen LogP contribution < -0.4 is 5.73 Å². The van der Waals surface area contributed by atoms with Crippen molar-refractivity contribution in [2.24, 2.45) is 11.7 Å². The molecule has 4 nitrogen and oxygen atoms in total. The Bertz CT molecular complexity index is 261. The Morgan fingerprint density at radius 2 is 1.79 bits per heavy atom. The number of hydrogen-bond acceptors (Lipinski definition) is 4. The fourth-order valence-corrected chi connectivity index (χ4v) is 2.40. The topological polar surface area (TPSA) is 55.6 Å². The quantitative estimate of drug-likeness (QED) is 0.655. The number of carbonyl (C=O) groups excluding carboxylic acids is 1. The highest BCUT2D eigenvalue weighted by molar-refractivity contribution is 5.80. The highest BCUT2D eigenvalue weighted by Gasteiger charge is 2.34. The van der Waals surface area contributed by atoms with Gasteiger partial charge in [-0.05, 0) is 32.6 Å². The average Bonchev–Trinajstić information content (AvgIpc) is 2.29. The van der Waals surface area contributed by atoms with E-state index in [1.54, 1.807) is 13.8 Å². The Kier molecular flexibility index (Phi) is 8.26. The van der Waals surface area contributed by atoms with Crippen molar-refractivity contribution in [1.29, 1.82) is 0 Å². The third-order valence-corrected chi connectivity index (χ3v) is 3.33. The molecule has 0 spiro atoms. The molecule has 0 aromatic rings. The third kappa shape index (κ3) is 6.39. The minimum Gasteiger partial charge on any atom is -0.465 e. The van der Waals surface area contributed by atoms with Crippen LogP contribution in [0.5, 0.6) is 0 Å². The van der Waals surface area contributed by atoms with Gasteiger partial charge in [0.2, 0.25) is 0 Å². The summed E-state index contributed by atoms with van der Waals surface area (Å²) < 4.78 is 5.07. The van der Waals surface area contributed by atoms with Gasteiger partial charge in [0.05, 0.1) is 6.61 Å². The molecule has 0 heterocycles. The molecule has 1 unspecified atom stereocenters. The lowest BCUT2D eigenvalue weighted by atomic mass is 9.99. The standard InChI is InChI=1S/C15H32N2O2/c1-7-13(8-2)17(10-12(4)5)11-15(6,16)14(18)19-9-3/h12-13H,7-11,16H2,1-6H3. The summed E-state index contributed by atoms with van der Waals surface area (Å²) >= 11 is 0. The van der Waals surface area contributed by atoms with E-state index < -0.39 is 5.54 Å². The number of nitrogens with two attached hydrogens (primary N) is 1. The maximum absolute atomic E-state index is 11.9. The van der Waals surface area contributed by atoms with Crippen LogP contribution in [0.2, 0.25) is 0 Å². The van der Waals surface area contributed by atoms with E-state index in [0.29, 0.717) is 25.1 Å². The molecule has 0 aliphatic heterocycles. The van der Waals surface area contributed by atoms with E-state index in [4.69, 9.17) is 10.5 Å². The lowest BCUT2D eigenvalue weighted by Crippen LogP contribution is -2.57. The molecule has 4 heteroatoms. The summed E-state index contributed by atoms with van der Waals surface area (Å²) in [5, 5.41) is 0. The number of esters is 1. The Hall–Kier alpha value is -0.610. The molecule has 0 bridgehead atoms. The third-order valence-electron chi connectivity index (χ3n) is 3.33. The largest absolute Gasteiger partial charge is 0.465 e. The first-order valence-corrected chi connectivity index (χ1v) is 7.48. The second-order valence-corrected chi connectivity index (χ2v) is 5.93. The summed E-state index contributed by atoms with van der Waals surface area (Å²) in [5.74, 6) is 0.244. The molecule has 0 amide bonds. The highest BCUT2D eigenvalue weighted by atomic mass is 16.5. The lowest BCUT2D eigenvalue weighted by molar-refractivity contribution is -0.150. The number of rotatable bonds is 9. The van der Waals surface area contributed by atoms with Gasteiger partial charge in [0.15, 0.2) is 0 Å². The zero-order valence-electron chi connectivity index (χ0n) is 13.5. The predicted octanol–water partition coefficient (Wildman–Crippen LogP) is 2.41. The number of ether oxygens (including phenoxy) is 1. The van der Waals surface area contributed by atoms with Gasteiger partial charge in [-0.2, -0.15) is 0 Å². The van der Waals surface area contributed by atoms with Crippen LogP contribution in [-0.2, 0) is 9.53 Å². The molecule has 0 fully saturated rings. The smallest absolute Gasteiger partial charge is 0.327 e. The van der Waals surface area contributed by atoms with Crippen molar-refractivity contribution in [3.05, 3.63) is 0 Å². The maximum Gasteiger partial charge on any atom is 0.327 e. The molecule has 0 aliphatic carbocycles. The average molecular weight is 272 g/mol. The fourth-order valence-electron chi connectivity index (χ4n) is 2.40. The van der Waals surface area contributed by atoms with Crippen LogP contribution in [0.1, 0.15) is 54.4 Å². The van der Waals surface area contributed by atoms with E-state index in [2.05, 4.69) is 32.6 Å². The molecule has 0 aromatic heterocycles. The van der Waals surface area contributed by atoms with Crippen molar-refractivity contribution < 1.29 is 9.53 Å². The van der Waals surface area contributed by atoms with Gasteiger partial charge < -0.3 is 10.5 Å². The van der Waals surface area contributed by atoms with Gasteiger partial charge in [0.25, 0.3) is 0 Å². The molecule has 114 valence electrons. The summed E-state index contributed by atoms with van der Waals surface area (Å²) in [4.78, 5) is 14.2. The van der Waals surface area contributed by atoms with Crippen LogP contribution in [0.4, 0.5) is 0 Å². The van der Waals surface area contributed by atoms with E-state index in [1.807, 2.05) is 0 Å². The molecular formula is C15H32N2O2. The van der Waals surface area contributed by atoms with E-state index in [1.165, 1.54) is 0 Å². The van der Waals surface area contributed by atoms with Gasteiger partial charge >= 0.3 is 5.97 Å². The molecule has 0 saturated heterocycles.